The van der Waals surface area contributed by atoms with Gasteiger partial charge in [-0.1, -0.05) is 0 Å². The van der Waals surface area contributed by atoms with Crippen molar-refractivity contribution >= 4 is 10.2 Å². The van der Waals surface area contributed by atoms with Gasteiger partial charge in [0.15, 0.2) is 0 Å². The Morgan fingerprint density at radius 2 is 2.47 bits per heavy atom. The number of nitrogens with one attached hydrogen (secondary N) is 2. The molecule has 7 heteroatoms. The molecule has 1 saturated heterocycles. The van der Waals surface area contributed by atoms with Crippen LogP contribution >= 0.6 is 0 Å². The van der Waals surface area contributed by atoms with Gasteiger partial charge in [-0.15, -0.1) is 0 Å². The van der Waals surface area contributed by atoms with Crippen molar-refractivity contribution in [2.75, 3.05) is 26.7 Å². The van der Waals surface area contributed by atoms with Crippen LogP contribution in [0, 0.1) is 5.92 Å². The summed E-state index contributed by atoms with van der Waals surface area (Å²) in [7, 11) is -1.49. The molecule has 96 valence electrons. The van der Waals surface area contributed by atoms with E-state index < -0.39 is 10.2 Å². The van der Waals surface area contributed by atoms with E-state index in [9.17, 15) is 8.42 Å². The van der Waals surface area contributed by atoms with Gasteiger partial charge in [-0.2, -0.15) is 12.7 Å². The second kappa shape index (κ2) is 5.18. The number of furan rings is 1. The van der Waals surface area contributed by atoms with Crippen LogP contribution in [0.2, 0.25) is 0 Å². The van der Waals surface area contributed by atoms with Gasteiger partial charge < -0.3 is 9.73 Å². The summed E-state index contributed by atoms with van der Waals surface area (Å²) in [6, 6.07) is 3.53. The van der Waals surface area contributed by atoms with Gasteiger partial charge in [-0.25, -0.2) is 4.72 Å². The van der Waals surface area contributed by atoms with Crippen molar-refractivity contribution in [2.24, 2.45) is 5.92 Å². The van der Waals surface area contributed by atoms with E-state index in [-0.39, 0.29) is 12.5 Å². The topological polar surface area (TPSA) is 74.6 Å². The molecule has 2 N–H and O–H groups in total. The Morgan fingerprint density at radius 1 is 1.65 bits per heavy atom. The summed E-state index contributed by atoms with van der Waals surface area (Å²) < 4.78 is 32.8. The number of hydrogen-bond acceptors (Lipinski definition) is 4. The molecule has 2 heterocycles. The number of nitrogens with zero attached hydrogens (tertiary/aromatic N) is 1. The molecule has 1 aliphatic rings. The average molecular weight is 259 g/mol. The van der Waals surface area contributed by atoms with Crippen molar-refractivity contribution in [3.8, 4) is 0 Å². The van der Waals surface area contributed by atoms with Crippen molar-refractivity contribution < 1.29 is 12.8 Å². The van der Waals surface area contributed by atoms with Crippen LogP contribution in [0.1, 0.15) is 5.76 Å². The van der Waals surface area contributed by atoms with E-state index in [1.165, 1.54) is 4.31 Å². The Bertz CT molecular complexity index is 443. The molecule has 0 bridgehead atoms. The van der Waals surface area contributed by atoms with E-state index in [1.807, 2.05) is 7.05 Å². The van der Waals surface area contributed by atoms with Crippen LogP contribution in [0.3, 0.4) is 0 Å². The molecule has 1 aromatic heterocycles. The predicted octanol–water partition coefficient (Wildman–Crippen LogP) is -0.235. The van der Waals surface area contributed by atoms with Crippen molar-refractivity contribution in [2.45, 2.75) is 6.54 Å². The van der Waals surface area contributed by atoms with Gasteiger partial charge in [0.05, 0.1) is 12.8 Å². The van der Waals surface area contributed by atoms with Crippen LogP contribution in [0.15, 0.2) is 22.8 Å². The highest BCUT2D eigenvalue weighted by Gasteiger charge is 2.31. The smallest absolute Gasteiger partial charge is 0.279 e. The lowest BCUT2D eigenvalue weighted by atomic mass is 10.1. The first-order valence-corrected chi connectivity index (χ1v) is 6.97. The fourth-order valence-corrected chi connectivity index (χ4v) is 3.25. The van der Waals surface area contributed by atoms with E-state index in [1.54, 1.807) is 18.4 Å². The molecule has 0 aromatic carbocycles. The summed E-state index contributed by atoms with van der Waals surface area (Å²) in [6.45, 7) is 2.06. The predicted molar refractivity (Wildman–Crippen MR) is 63.5 cm³/mol. The molecule has 0 aliphatic carbocycles. The summed E-state index contributed by atoms with van der Waals surface area (Å²) in [4.78, 5) is 0. The lowest BCUT2D eigenvalue weighted by Gasteiger charge is -2.31. The Hall–Kier alpha value is -0.890. The molecule has 0 amide bonds. The Kier molecular flexibility index (Phi) is 3.82. The van der Waals surface area contributed by atoms with Crippen molar-refractivity contribution in [3.05, 3.63) is 24.2 Å². The monoisotopic (exact) mass is 259 g/mol. The summed E-state index contributed by atoms with van der Waals surface area (Å²) in [5, 5.41) is 3.06. The molecule has 1 unspecified atom stereocenters. The van der Waals surface area contributed by atoms with Crippen molar-refractivity contribution in [1.29, 1.82) is 0 Å². The van der Waals surface area contributed by atoms with E-state index in [4.69, 9.17) is 4.42 Å². The molecule has 6 nitrogen and oxygen atoms in total. The molecule has 17 heavy (non-hydrogen) atoms. The van der Waals surface area contributed by atoms with Crippen molar-refractivity contribution in [1.82, 2.24) is 14.3 Å². The lowest BCUT2D eigenvalue weighted by molar-refractivity contribution is 0.282. The maximum atomic E-state index is 11.8. The van der Waals surface area contributed by atoms with Gasteiger partial charge in [-0.05, 0) is 25.1 Å². The standard InChI is InChI=1S/C10H17N3O3S/c1-11-5-9-6-12-17(14,15)13(7-9)8-10-3-2-4-16-10/h2-4,9,11-12H,5-8H2,1H3. The highest BCUT2D eigenvalue weighted by atomic mass is 32.2. The van der Waals surface area contributed by atoms with Gasteiger partial charge in [0.2, 0.25) is 0 Å². The highest BCUT2D eigenvalue weighted by molar-refractivity contribution is 7.87. The number of rotatable bonds is 4. The quantitative estimate of drug-likeness (QED) is 0.783. The Morgan fingerprint density at radius 3 is 3.12 bits per heavy atom. The number of hydrogen-bond donors (Lipinski definition) is 2. The maximum absolute atomic E-state index is 11.8. The molecular formula is C10H17N3O3S. The molecular weight excluding hydrogens is 242 g/mol. The van der Waals surface area contributed by atoms with E-state index in [0.29, 0.717) is 18.8 Å². The van der Waals surface area contributed by atoms with E-state index in [0.717, 1.165) is 6.54 Å². The average Bonchev–Trinajstić information content (AvgIpc) is 2.76. The zero-order valence-corrected chi connectivity index (χ0v) is 10.5. The highest BCUT2D eigenvalue weighted by Crippen LogP contribution is 2.15. The molecule has 1 aromatic rings. The zero-order valence-electron chi connectivity index (χ0n) is 9.72. The third-order valence-electron chi connectivity index (χ3n) is 2.76. The first-order chi connectivity index (χ1) is 8.12. The molecule has 1 aliphatic heterocycles. The van der Waals surface area contributed by atoms with Gasteiger partial charge in [0.1, 0.15) is 5.76 Å². The first kappa shape index (κ1) is 12.6. The fraction of sp³-hybridized carbons (Fsp3) is 0.600. The second-order valence-electron chi connectivity index (χ2n) is 4.15. The lowest BCUT2D eigenvalue weighted by Crippen LogP contribution is -2.52. The van der Waals surface area contributed by atoms with Gasteiger partial charge in [0.25, 0.3) is 10.2 Å². The third kappa shape index (κ3) is 3.06. The van der Waals surface area contributed by atoms with Crippen LogP contribution in [-0.4, -0.2) is 39.4 Å². The fourth-order valence-electron chi connectivity index (χ4n) is 1.92. The van der Waals surface area contributed by atoms with Gasteiger partial charge >= 0.3 is 0 Å². The van der Waals surface area contributed by atoms with Crippen LogP contribution in [0.4, 0.5) is 0 Å². The first-order valence-electron chi connectivity index (χ1n) is 5.53. The van der Waals surface area contributed by atoms with Crippen molar-refractivity contribution in [3.63, 3.8) is 0 Å². The largest absolute Gasteiger partial charge is 0.468 e. The zero-order chi connectivity index (χ0) is 12.3. The van der Waals surface area contributed by atoms with Crippen LogP contribution in [0.25, 0.3) is 0 Å². The third-order valence-corrected chi connectivity index (χ3v) is 4.25. The van der Waals surface area contributed by atoms with E-state index >= 15 is 0 Å². The van der Waals surface area contributed by atoms with Gasteiger partial charge in [0, 0.05) is 19.6 Å². The molecule has 0 spiro atoms. The molecule has 0 saturated carbocycles. The summed E-state index contributed by atoms with van der Waals surface area (Å²) >= 11 is 0. The maximum Gasteiger partial charge on any atom is 0.279 e. The minimum absolute atomic E-state index is 0.276. The van der Waals surface area contributed by atoms with Gasteiger partial charge in [-0.3, -0.25) is 0 Å². The normalized spacial score (nSPS) is 24.9. The Labute approximate surface area is 101 Å². The summed E-state index contributed by atoms with van der Waals surface area (Å²) in [6.07, 6.45) is 1.55. The minimum Gasteiger partial charge on any atom is -0.468 e. The molecule has 0 radical (unpaired) electrons. The summed E-state index contributed by atoms with van der Waals surface area (Å²) in [5.41, 5.74) is 0. The second-order valence-corrected chi connectivity index (χ2v) is 5.90. The summed E-state index contributed by atoms with van der Waals surface area (Å²) in [5.74, 6) is 0.930. The molecule has 1 atom stereocenters. The van der Waals surface area contributed by atoms with Crippen LogP contribution in [-0.2, 0) is 16.8 Å². The van der Waals surface area contributed by atoms with Crippen LogP contribution in [0.5, 0.6) is 0 Å². The molecule has 1 fully saturated rings. The SMILES string of the molecule is CNCC1CNS(=O)(=O)N(Cc2ccco2)C1. The minimum atomic E-state index is -3.36. The Balaban J connectivity index is 2.06. The van der Waals surface area contributed by atoms with Crippen LogP contribution < -0.4 is 10.0 Å². The van der Waals surface area contributed by atoms with E-state index in [2.05, 4.69) is 10.0 Å². The molecule has 2 rings (SSSR count).